The summed E-state index contributed by atoms with van der Waals surface area (Å²) in [4.78, 5) is 0. The summed E-state index contributed by atoms with van der Waals surface area (Å²) < 4.78 is 13.5. The molecule has 0 saturated carbocycles. The number of rotatable bonds is 4. The van der Waals surface area contributed by atoms with E-state index in [0.717, 1.165) is 0 Å². The van der Waals surface area contributed by atoms with Crippen molar-refractivity contribution in [3.63, 3.8) is 0 Å². The standard InChI is InChI=1S/C10H17ClFN/c1-4-9(11)10(12)8(5-6-13)7(2)3/h5-7,9H,4,13H2,1-3H3/b6-5-,10-8-. The number of halogens is 2. The fourth-order valence-electron chi connectivity index (χ4n) is 1.01. The van der Waals surface area contributed by atoms with Crippen LogP contribution in [0.15, 0.2) is 23.7 Å². The van der Waals surface area contributed by atoms with E-state index >= 15 is 0 Å². The third kappa shape index (κ3) is 3.81. The number of hydrogen-bond acceptors (Lipinski definition) is 1. The van der Waals surface area contributed by atoms with Gasteiger partial charge in [0.05, 0.1) is 5.38 Å². The molecule has 0 bridgehead atoms. The molecule has 3 heteroatoms. The lowest BCUT2D eigenvalue weighted by Crippen LogP contribution is -2.04. The van der Waals surface area contributed by atoms with E-state index in [-0.39, 0.29) is 11.7 Å². The molecule has 0 saturated heterocycles. The van der Waals surface area contributed by atoms with Gasteiger partial charge in [-0.1, -0.05) is 20.8 Å². The molecular weight excluding hydrogens is 189 g/mol. The highest BCUT2D eigenvalue weighted by atomic mass is 35.5. The van der Waals surface area contributed by atoms with Crippen LogP contribution in [0.3, 0.4) is 0 Å². The minimum Gasteiger partial charge on any atom is -0.405 e. The smallest absolute Gasteiger partial charge is 0.121 e. The van der Waals surface area contributed by atoms with Crippen molar-refractivity contribution in [3.8, 4) is 0 Å². The predicted molar refractivity (Wildman–Crippen MR) is 56.2 cm³/mol. The maximum atomic E-state index is 13.5. The Balaban J connectivity index is 4.85. The normalized spacial score (nSPS) is 16.5. The van der Waals surface area contributed by atoms with E-state index in [9.17, 15) is 4.39 Å². The summed E-state index contributed by atoms with van der Waals surface area (Å²) in [5.74, 6) is -0.159. The van der Waals surface area contributed by atoms with Crippen LogP contribution in [0.5, 0.6) is 0 Å². The van der Waals surface area contributed by atoms with E-state index in [4.69, 9.17) is 17.3 Å². The van der Waals surface area contributed by atoms with Crippen molar-refractivity contribution in [3.05, 3.63) is 23.7 Å². The number of alkyl halides is 1. The molecule has 0 spiro atoms. The molecule has 0 aromatic rings. The largest absolute Gasteiger partial charge is 0.405 e. The fourth-order valence-corrected chi connectivity index (χ4v) is 1.14. The highest BCUT2D eigenvalue weighted by molar-refractivity contribution is 6.22. The van der Waals surface area contributed by atoms with Crippen LogP contribution in [0.1, 0.15) is 27.2 Å². The fraction of sp³-hybridized carbons (Fsp3) is 0.600. The van der Waals surface area contributed by atoms with Crippen LogP contribution in [0, 0.1) is 5.92 Å². The Morgan fingerprint density at radius 3 is 2.38 bits per heavy atom. The first kappa shape index (κ1) is 12.5. The molecule has 0 aromatic heterocycles. The molecular formula is C10H17ClFN. The van der Waals surface area contributed by atoms with Gasteiger partial charge in [-0.25, -0.2) is 4.39 Å². The van der Waals surface area contributed by atoms with Gasteiger partial charge in [-0.05, 0) is 30.2 Å². The lowest BCUT2D eigenvalue weighted by atomic mass is 10.0. The van der Waals surface area contributed by atoms with Gasteiger partial charge in [-0.3, -0.25) is 0 Å². The predicted octanol–water partition coefficient (Wildman–Crippen LogP) is 3.36. The first-order valence-electron chi connectivity index (χ1n) is 4.46. The molecule has 1 nitrogen and oxygen atoms in total. The molecule has 76 valence electrons. The van der Waals surface area contributed by atoms with Crippen LogP contribution >= 0.6 is 11.6 Å². The molecule has 0 heterocycles. The van der Waals surface area contributed by atoms with Gasteiger partial charge in [0.25, 0.3) is 0 Å². The molecule has 0 radical (unpaired) electrons. The zero-order valence-corrected chi connectivity index (χ0v) is 9.11. The van der Waals surface area contributed by atoms with Gasteiger partial charge in [-0.15, -0.1) is 11.6 Å². The van der Waals surface area contributed by atoms with Crippen molar-refractivity contribution in [1.29, 1.82) is 0 Å². The van der Waals surface area contributed by atoms with Crippen molar-refractivity contribution in [1.82, 2.24) is 0 Å². The Bertz CT molecular complexity index is 209. The second-order valence-electron chi connectivity index (χ2n) is 3.19. The highest BCUT2D eigenvalue weighted by Gasteiger charge is 2.14. The third-order valence-corrected chi connectivity index (χ3v) is 2.31. The summed E-state index contributed by atoms with van der Waals surface area (Å²) in [6, 6.07) is 0. The van der Waals surface area contributed by atoms with Crippen LogP contribution in [0.25, 0.3) is 0 Å². The topological polar surface area (TPSA) is 26.0 Å². The van der Waals surface area contributed by atoms with Crippen molar-refractivity contribution < 1.29 is 4.39 Å². The maximum absolute atomic E-state index is 13.5. The second kappa shape index (κ2) is 6.03. The number of nitrogens with two attached hydrogens (primary N) is 1. The second-order valence-corrected chi connectivity index (χ2v) is 3.72. The lowest BCUT2D eigenvalue weighted by molar-refractivity contribution is 0.560. The minimum atomic E-state index is -0.534. The summed E-state index contributed by atoms with van der Waals surface area (Å²) in [7, 11) is 0. The Hall–Kier alpha value is -0.500. The Labute approximate surface area is 84.5 Å². The van der Waals surface area contributed by atoms with E-state index in [2.05, 4.69) is 0 Å². The molecule has 0 aromatic carbocycles. The van der Waals surface area contributed by atoms with E-state index in [1.807, 2.05) is 20.8 Å². The average Bonchev–Trinajstić information content (AvgIpc) is 2.11. The monoisotopic (exact) mass is 205 g/mol. The Morgan fingerprint density at radius 2 is 2.08 bits per heavy atom. The zero-order valence-electron chi connectivity index (χ0n) is 8.35. The van der Waals surface area contributed by atoms with Gasteiger partial charge in [0.2, 0.25) is 0 Å². The molecule has 0 rings (SSSR count). The van der Waals surface area contributed by atoms with E-state index in [0.29, 0.717) is 12.0 Å². The van der Waals surface area contributed by atoms with Crippen LogP contribution in [-0.4, -0.2) is 5.38 Å². The van der Waals surface area contributed by atoms with Crippen molar-refractivity contribution in [2.75, 3.05) is 0 Å². The average molecular weight is 206 g/mol. The molecule has 1 atom stereocenters. The zero-order chi connectivity index (χ0) is 10.4. The van der Waals surface area contributed by atoms with Gasteiger partial charge in [0.1, 0.15) is 5.83 Å². The molecule has 2 N–H and O–H groups in total. The Morgan fingerprint density at radius 1 is 1.54 bits per heavy atom. The minimum absolute atomic E-state index is 0.104. The van der Waals surface area contributed by atoms with Crippen molar-refractivity contribution in [2.24, 2.45) is 11.7 Å². The third-order valence-electron chi connectivity index (χ3n) is 1.81. The van der Waals surface area contributed by atoms with E-state index < -0.39 is 5.38 Å². The van der Waals surface area contributed by atoms with Crippen molar-refractivity contribution in [2.45, 2.75) is 32.6 Å². The SMILES string of the molecule is CCC(Cl)/C(F)=C(\C=C/N)C(C)C. The Kier molecular flexibility index (Phi) is 5.80. The molecule has 0 fully saturated rings. The molecule has 0 aliphatic carbocycles. The van der Waals surface area contributed by atoms with Gasteiger partial charge in [0, 0.05) is 0 Å². The van der Waals surface area contributed by atoms with Gasteiger partial charge in [-0.2, -0.15) is 0 Å². The van der Waals surface area contributed by atoms with Crippen LogP contribution in [-0.2, 0) is 0 Å². The van der Waals surface area contributed by atoms with Crippen LogP contribution in [0.2, 0.25) is 0 Å². The van der Waals surface area contributed by atoms with Crippen LogP contribution in [0.4, 0.5) is 4.39 Å². The molecule has 13 heavy (non-hydrogen) atoms. The first-order chi connectivity index (χ1) is 6.04. The highest BCUT2D eigenvalue weighted by Crippen LogP contribution is 2.24. The van der Waals surface area contributed by atoms with Gasteiger partial charge in [0.15, 0.2) is 0 Å². The number of allylic oxidation sites excluding steroid dienone is 3. The van der Waals surface area contributed by atoms with E-state index in [1.165, 1.54) is 6.20 Å². The quantitative estimate of drug-likeness (QED) is 0.553. The van der Waals surface area contributed by atoms with Gasteiger partial charge < -0.3 is 5.73 Å². The van der Waals surface area contributed by atoms with Crippen LogP contribution < -0.4 is 5.73 Å². The lowest BCUT2D eigenvalue weighted by Gasteiger charge is -2.11. The maximum Gasteiger partial charge on any atom is 0.121 e. The summed E-state index contributed by atoms with van der Waals surface area (Å²) in [5.41, 5.74) is 5.81. The first-order valence-corrected chi connectivity index (χ1v) is 4.90. The summed E-state index contributed by atoms with van der Waals surface area (Å²) in [5, 5.41) is -0.534. The molecule has 0 aliphatic rings. The summed E-state index contributed by atoms with van der Waals surface area (Å²) in [6.07, 6.45) is 3.50. The molecule has 1 unspecified atom stereocenters. The summed E-state index contributed by atoms with van der Waals surface area (Å²) in [6.45, 7) is 5.67. The van der Waals surface area contributed by atoms with E-state index in [1.54, 1.807) is 6.08 Å². The molecule has 0 aliphatic heterocycles. The van der Waals surface area contributed by atoms with Gasteiger partial charge >= 0.3 is 0 Å². The van der Waals surface area contributed by atoms with Crippen molar-refractivity contribution >= 4 is 11.6 Å². The number of hydrogen-bond donors (Lipinski definition) is 1. The summed E-state index contributed by atoms with van der Waals surface area (Å²) >= 11 is 5.78. The molecule has 0 amide bonds.